The maximum atomic E-state index is 10.7. The van der Waals surface area contributed by atoms with Crippen molar-refractivity contribution in [2.45, 2.75) is 46.6 Å². The predicted molar refractivity (Wildman–Crippen MR) is 58.3 cm³/mol. The van der Waals surface area contributed by atoms with Crippen LogP contribution < -0.4 is 5.32 Å². The molecule has 0 saturated carbocycles. The first-order valence-corrected chi connectivity index (χ1v) is 5.49. The van der Waals surface area contributed by atoms with E-state index in [4.69, 9.17) is 5.11 Å². The van der Waals surface area contributed by atoms with Crippen molar-refractivity contribution in [3.63, 3.8) is 0 Å². The van der Waals surface area contributed by atoms with Gasteiger partial charge in [-0.05, 0) is 19.4 Å². The molecular formula is C11H23NO2. The summed E-state index contributed by atoms with van der Waals surface area (Å²) >= 11 is 0. The number of carbonyl (C=O) groups is 1. The fourth-order valence-corrected chi connectivity index (χ4v) is 1.32. The van der Waals surface area contributed by atoms with Gasteiger partial charge in [0, 0.05) is 6.04 Å². The zero-order valence-electron chi connectivity index (χ0n) is 9.71. The van der Waals surface area contributed by atoms with E-state index in [0.717, 1.165) is 19.4 Å². The van der Waals surface area contributed by atoms with Gasteiger partial charge < -0.3 is 10.4 Å². The molecule has 3 heteroatoms. The molecule has 2 unspecified atom stereocenters. The summed E-state index contributed by atoms with van der Waals surface area (Å²) < 4.78 is 0. The number of carboxylic acid groups (broad SMARTS) is 1. The molecular weight excluding hydrogens is 178 g/mol. The van der Waals surface area contributed by atoms with Crippen LogP contribution in [0.2, 0.25) is 0 Å². The Kier molecular flexibility index (Phi) is 6.54. The summed E-state index contributed by atoms with van der Waals surface area (Å²) in [4.78, 5) is 10.7. The average Bonchev–Trinajstić information content (AvgIpc) is 2.17. The van der Waals surface area contributed by atoms with E-state index in [1.54, 1.807) is 6.92 Å². The predicted octanol–water partition coefficient (Wildman–Crippen LogP) is 2.12. The van der Waals surface area contributed by atoms with E-state index in [0.29, 0.717) is 5.92 Å². The summed E-state index contributed by atoms with van der Waals surface area (Å²) in [6, 6.07) is 0.0492. The first-order valence-electron chi connectivity index (χ1n) is 5.49. The van der Waals surface area contributed by atoms with Crippen molar-refractivity contribution in [2.24, 2.45) is 11.8 Å². The molecule has 0 bridgehead atoms. The number of carboxylic acids is 1. The van der Waals surface area contributed by atoms with E-state index in [-0.39, 0.29) is 12.0 Å². The van der Waals surface area contributed by atoms with E-state index in [2.05, 4.69) is 19.2 Å². The molecule has 0 spiro atoms. The molecule has 2 atom stereocenters. The molecule has 14 heavy (non-hydrogen) atoms. The van der Waals surface area contributed by atoms with Gasteiger partial charge in [-0.2, -0.15) is 0 Å². The Morgan fingerprint density at radius 3 is 2.14 bits per heavy atom. The second-order valence-corrected chi connectivity index (χ2v) is 4.01. The Morgan fingerprint density at radius 1 is 1.29 bits per heavy atom. The summed E-state index contributed by atoms with van der Waals surface area (Å²) in [5.41, 5.74) is 0. The lowest BCUT2D eigenvalue weighted by molar-refractivity contribution is -0.141. The summed E-state index contributed by atoms with van der Waals surface area (Å²) in [6.07, 6.45) is 2.30. The average molecular weight is 201 g/mol. The van der Waals surface area contributed by atoms with Crippen LogP contribution in [0.15, 0.2) is 0 Å². The monoisotopic (exact) mass is 201 g/mol. The van der Waals surface area contributed by atoms with Crippen LogP contribution in [-0.2, 0) is 4.79 Å². The zero-order chi connectivity index (χ0) is 11.1. The maximum absolute atomic E-state index is 10.7. The molecule has 0 fully saturated rings. The maximum Gasteiger partial charge on any atom is 0.307 e. The summed E-state index contributed by atoms with van der Waals surface area (Å²) in [6.45, 7) is 8.93. The van der Waals surface area contributed by atoms with Crippen LogP contribution in [-0.4, -0.2) is 23.7 Å². The third-order valence-electron chi connectivity index (χ3n) is 3.02. The summed E-state index contributed by atoms with van der Waals surface area (Å²) in [7, 11) is 0. The van der Waals surface area contributed by atoms with Gasteiger partial charge in [0.1, 0.15) is 0 Å². The van der Waals surface area contributed by atoms with Crippen LogP contribution in [0, 0.1) is 11.8 Å². The number of aliphatic carboxylic acids is 1. The number of rotatable bonds is 7. The fraction of sp³-hybridized carbons (Fsp3) is 0.909. The fourth-order valence-electron chi connectivity index (χ4n) is 1.32. The molecule has 0 aromatic carbocycles. The topological polar surface area (TPSA) is 49.3 Å². The highest BCUT2D eigenvalue weighted by molar-refractivity contribution is 5.70. The summed E-state index contributed by atoms with van der Waals surface area (Å²) in [5, 5.41) is 12.1. The van der Waals surface area contributed by atoms with Crippen molar-refractivity contribution in [3.8, 4) is 0 Å². The lowest BCUT2D eigenvalue weighted by Crippen LogP contribution is -2.38. The highest BCUT2D eigenvalue weighted by Crippen LogP contribution is 2.08. The highest BCUT2D eigenvalue weighted by Gasteiger charge is 2.19. The van der Waals surface area contributed by atoms with E-state index in [1.165, 1.54) is 0 Å². The third kappa shape index (κ3) is 4.61. The molecule has 0 aromatic rings. The highest BCUT2D eigenvalue weighted by atomic mass is 16.4. The lowest BCUT2D eigenvalue weighted by Gasteiger charge is -2.21. The third-order valence-corrected chi connectivity index (χ3v) is 3.02. The first kappa shape index (κ1) is 13.4. The lowest BCUT2D eigenvalue weighted by atomic mass is 10.0. The van der Waals surface area contributed by atoms with Gasteiger partial charge in [-0.3, -0.25) is 4.79 Å². The molecule has 0 aliphatic carbocycles. The van der Waals surface area contributed by atoms with E-state index < -0.39 is 5.97 Å². The molecule has 0 aliphatic rings. The minimum Gasteiger partial charge on any atom is -0.481 e. The molecule has 0 amide bonds. The van der Waals surface area contributed by atoms with Gasteiger partial charge in [0.2, 0.25) is 0 Å². The second-order valence-electron chi connectivity index (χ2n) is 4.01. The number of hydrogen-bond acceptors (Lipinski definition) is 2. The largest absolute Gasteiger partial charge is 0.481 e. The smallest absolute Gasteiger partial charge is 0.307 e. The van der Waals surface area contributed by atoms with Gasteiger partial charge in [-0.15, -0.1) is 0 Å². The number of nitrogens with one attached hydrogen (secondary N) is 1. The van der Waals surface area contributed by atoms with Gasteiger partial charge in [-0.1, -0.05) is 33.6 Å². The van der Waals surface area contributed by atoms with Crippen molar-refractivity contribution >= 4 is 5.97 Å². The molecule has 84 valence electrons. The summed E-state index contributed by atoms with van der Waals surface area (Å²) in [5.74, 6) is -0.377. The van der Waals surface area contributed by atoms with Gasteiger partial charge in [-0.25, -0.2) is 0 Å². The quantitative estimate of drug-likeness (QED) is 0.663. The Morgan fingerprint density at radius 2 is 1.79 bits per heavy atom. The van der Waals surface area contributed by atoms with Gasteiger partial charge in [0.15, 0.2) is 0 Å². The van der Waals surface area contributed by atoms with Crippen LogP contribution in [0.4, 0.5) is 0 Å². The van der Waals surface area contributed by atoms with Crippen LogP contribution in [0.3, 0.4) is 0 Å². The van der Waals surface area contributed by atoms with Crippen molar-refractivity contribution < 1.29 is 9.90 Å². The van der Waals surface area contributed by atoms with E-state index in [9.17, 15) is 4.79 Å². The zero-order valence-corrected chi connectivity index (χ0v) is 9.71. The molecule has 0 saturated heterocycles. The van der Waals surface area contributed by atoms with Crippen molar-refractivity contribution in [3.05, 3.63) is 0 Å². The molecule has 3 nitrogen and oxygen atoms in total. The van der Waals surface area contributed by atoms with E-state index >= 15 is 0 Å². The van der Waals surface area contributed by atoms with Gasteiger partial charge in [0.25, 0.3) is 0 Å². The Hall–Kier alpha value is -0.570. The Bertz CT molecular complexity index is 167. The van der Waals surface area contributed by atoms with Crippen LogP contribution in [0.5, 0.6) is 0 Å². The SMILES string of the molecule is CCC(CC)CNC(C)C(C)C(=O)O. The minimum atomic E-state index is -0.727. The van der Waals surface area contributed by atoms with Gasteiger partial charge in [0.05, 0.1) is 5.92 Å². The molecule has 0 rings (SSSR count). The molecule has 2 N–H and O–H groups in total. The molecule has 0 radical (unpaired) electrons. The molecule has 0 aliphatic heterocycles. The molecule has 0 heterocycles. The Labute approximate surface area is 86.9 Å². The van der Waals surface area contributed by atoms with Crippen LogP contribution in [0.25, 0.3) is 0 Å². The first-order chi connectivity index (χ1) is 6.52. The second kappa shape index (κ2) is 6.82. The van der Waals surface area contributed by atoms with Gasteiger partial charge >= 0.3 is 5.97 Å². The van der Waals surface area contributed by atoms with Crippen LogP contribution in [0.1, 0.15) is 40.5 Å². The standard InChI is InChI=1S/C11H23NO2/c1-5-10(6-2)7-12-9(4)8(3)11(13)14/h8-10,12H,5-7H2,1-4H3,(H,13,14). The number of hydrogen-bond donors (Lipinski definition) is 2. The normalized spacial score (nSPS) is 15.5. The van der Waals surface area contributed by atoms with Crippen molar-refractivity contribution in [2.75, 3.05) is 6.54 Å². The minimum absolute atomic E-state index is 0.0492. The van der Waals surface area contributed by atoms with Crippen molar-refractivity contribution in [1.29, 1.82) is 0 Å². The van der Waals surface area contributed by atoms with Crippen LogP contribution >= 0.6 is 0 Å². The molecule has 0 aromatic heterocycles. The van der Waals surface area contributed by atoms with E-state index in [1.807, 2.05) is 6.92 Å². The Balaban J connectivity index is 3.82. The van der Waals surface area contributed by atoms with Crippen molar-refractivity contribution in [1.82, 2.24) is 5.32 Å².